The summed E-state index contributed by atoms with van der Waals surface area (Å²) in [4.78, 5) is 6.53. The van der Waals surface area contributed by atoms with Gasteiger partial charge in [-0.2, -0.15) is 0 Å². The van der Waals surface area contributed by atoms with Gasteiger partial charge < -0.3 is 10.4 Å². The first kappa shape index (κ1) is 13.7. The lowest BCUT2D eigenvalue weighted by Gasteiger charge is -2.24. The molecular weight excluding hydrogens is 250 g/mol. The van der Waals surface area contributed by atoms with Gasteiger partial charge in [-0.15, -0.1) is 0 Å². The third-order valence-corrected chi connectivity index (χ3v) is 3.46. The van der Waals surface area contributed by atoms with Crippen LogP contribution in [0, 0.1) is 0 Å². The van der Waals surface area contributed by atoms with E-state index in [1.165, 1.54) is 12.8 Å². The van der Waals surface area contributed by atoms with Crippen LogP contribution < -0.4 is 5.32 Å². The SMILES string of the molecule is OCCN(Cc1cc(Cl)ccn1)CC1CCCN1. The number of rotatable bonds is 6. The highest BCUT2D eigenvalue weighted by molar-refractivity contribution is 6.30. The molecular formula is C13H20ClN3O. The van der Waals surface area contributed by atoms with Crippen LogP contribution >= 0.6 is 11.6 Å². The van der Waals surface area contributed by atoms with Crippen LogP contribution in [-0.2, 0) is 6.54 Å². The van der Waals surface area contributed by atoms with Crippen molar-refractivity contribution in [3.8, 4) is 0 Å². The fourth-order valence-corrected chi connectivity index (χ4v) is 2.55. The van der Waals surface area contributed by atoms with Crippen molar-refractivity contribution < 1.29 is 5.11 Å². The van der Waals surface area contributed by atoms with Gasteiger partial charge in [-0.25, -0.2) is 0 Å². The van der Waals surface area contributed by atoms with Crippen molar-refractivity contribution in [2.45, 2.75) is 25.4 Å². The summed E-state index contributed by atoms with van der Waals surface area (Å²) in [5, 5.41) is 13.3. The van der Waals surface area contributed by atoms with Gasteiger partial charge in [0.15, 0.2) is 0 Å². The normalized spacial score (nSPS) is 19.6. The van der Waals surface area contributed by atoms with Gasteiger partial charge in [0.1, 0.15) is 0 Å². The van der Waals surface area contributed by atoms with Crippen LogP contribution in [-0.4, -0.2) is 47.3 Å². The molecule has 1 unspecified atom stereocenters. The number of aromatic nitrogens is 1. The standard InChI is InChI=1S/C13H20ClN3O/c14-11-3-5-16-13(8-11)10-17(6-7-18)9-12-2-1-4-15-12/h3,5,8,12,15,18H,1-2,4,6-7,9-10H2. The molecule has 0 saturated carbocycles. The molecule has 0 amide bonds. The smallest absolute Gasteiger partial charge is 0.0558 e. The van der Waals surface area contributed by atoms with Gasteiger partial charge >= 0.3 is 0 Å². The predicted octanol–water partition coefficient (Wildman–Crippen LogP) is 1.28. The van der Waals surface area contributed by atoms with Crippen molar-refractivity contribution in [1.29, 1.82) is 0 Å². The molecule has 1 saturated heterocycles. The molecule has 1 fully saturated rings. The molecule has 1 atom stereocenters. The van der Waals surface area contributed by atoms with E-state index in [4.69, 9.17) is 16.7 Å². The summed E-state index contributed by atoms with van der Waals surface area (Å²) in [6.07, 6.45) is 4.18. The summed E-state index contributed by atoms with van der Waals surface area (Å²) in [5.74, 6) is 0. The first-order valence-corrected chi connectivity index (χ1v) is 6.83. The topological polar surface area (TPSA) is 48.4 Å². The molecule has 4 nitrogen and oxygen atoms in total. The molecule has 18 heavy (non-hydrogen) atoms. The number of hydrogen-bond acceptors (Lipinski definition) is 4. The Kier molecular flexibility index (Phi) is 5.38. The average Bonchev–Trinajstić information content (AvgIpc) is 2.82. The molecule has 1 aliphatic heterocycles. The van der Waals surface area contributed by atoms with Gasteiger partial charge in [0.05, 0.1) is 12.3 Å². The van der Waals surface area contributed by atoms with Crippen molar-refractivity contribution in [3.05, 3.63) is 29.0 Å². The zero-order valence-electron chi connectivity index (χ0n) is 10.5. The summed E-state index contributed by atoms with van der Waals surface area (Å²) >= 11 is 5.96. The summed E-state index contributed by atoms with van der Waals surface area (Å²) in [6.45, 7) is 3.64. The zero-order chi connectivity index (χ0) is 12.8. The number of aliphatic hydroxyl groups is 1. The van der Waals surface area contributed by atoms with Crippen molar-refractivity contribution in [2.24, 2.45) is 0 Å². The van der Waals surface area contributed by atoms with Crippen LogP contribution in [0.3, 0.4) is 0 Å². The molecule has 0 aromatic carbocycles. The van der Waals surface area contributed by atoms with Crippen LogP contribution in [0.15, 0.2) is 18.3 Å². The fourth-order valence-electron chi connectivity index (χ4n) is 2.36. The minimum Gasteiger partial charge on any atom is -0.395 e. The van der Waals surface area contributed by atoms with Crippen LogP contribution in [0.1, 0.15) is 18.5 Å². The molecule has 5 heteroatoms. The maximum absolute atomic E-state index is 9.13. The van der Waals surface area contributed by atoms with Crippen LogP contribution in [0.4, 0.5) is 0 Å². The third kappa shape index (κ3) is 4.21. The second-order valence-electron chi connectivity index (χ2n) is 4.72. The molecule has 0 spiro atoms. The zero-order valence-corrected chi connectivity index (χ0v) is 11.2. The summed E-state index contributed by atoms with van der Waals surface area (Å²) in [5.41, 5.74) is 0.953. The lowest BCUT2D eigenvalue weighted by Crippen LogP contribution is -2.38. The van der Waals surface area contributed by atoms with Crippen LogP contribution in [0.25, 0.3) is 0 Å². The Morgan fingerprint density at radius 1 is 1.56 bits per heavy atom. The average molecular weight is 270 g/mol. The molecule has 2 N–H and O–H groups in total. The van der Waals surface area contributed by atoms with Gasteiger partial charge in [-0.3, -0.25) is 9.88 Å². The van der Waals surface area contributed by atoms with E-state index in [2.05, 4.69) is 15.2 Å². The van der Waals surface area contributed by atoms with Crippen molar-refractivity contribution in [3.63, 3.8) is 0 Å². The van der Waals surface area contributed by atoms with Crippen molar-refractivity contribution >= 4 is 11.6 Å². The van der Waals surface area contributed by atoms with E-state index >= 15 is 0 Å². The number of aliphatic hydroxyl groups excluding tert-OH is 1. The van der Waals surface area contributed by atoms with Crippen LogP contribution in [0.5, 0.6) is 0 Å². The monoisotopic (exact) mass is 269 g/mol. The maximum Gasteiger partial charge on any atom is 0.0558 e. The van der Waals surface area contributed by atoms with E-state index < -0.39 is 0 Å². The number of pyridine rings is 1. The Hall–Kier alpha value is -0.680. The van der Waals surface area contributed by atoms with E-state index in [0.717, 1.165) is 25.3 Å². The Bertz CT molecular complexity index is 369. The summed E-state index contributed by atoms with van der Waals surface area (Å²) in [7, 11) is 0. The molecule has 2 heterocycles. The largest absolute Gasteiger partial charge is 0.395 e. The Balaban J connectivity index is 1.92. The van der Waals surface area contributed by atoms with Gasteiger partial charge in [0.2, 0.25) is 0 Å². The molecule has 2 rings (SSSR count). The highest BCUT2D eigenvalue weighted by atomic mass is 35.5. The highest BCUT2D eigenvalue weighted by Crippen LogP contribution is 2.12. The van der Waals surface area contributed by atoms with E-state index in [1.54, 1.807) is 12.3 Å². The third-order valence-electron chi connectivity index (χ3n) is 3.22. The van der Waals surface area contributed by atoms with Crippen molar-refractivity contribution in [1.82, 2.24) is 15.2 Å². The Morgan fingerprint density at radius 3 is 3.11 bits per heavy atom. The minimum absolute atomic E-state index is 0.174. The second kappa shape index (κ2) is 7.04. The van der Waals surface area contributed by atoms with Gasteiger partial charge in [0.25, 0.3) is 0 Å². The lowest BCUT2D eigenvalue weighted by molar-refractivity contribution is 0.177. The number of nitrogens with one attached hydrogen (secondary N) is 1. The van der Waals surface area contributed by atoms with Gasteiger partial charge in [0, 0.05) is 36.9 Å². The molecule has 0 radical (unpaired) electrons. The fraction of sp³-hybridized carbons (Fsp3) is 0.615. The highest BCUT2D eigenvalue weighted by Gasteiger charge is 2.18. The first-order valence-electron chi connectivity index (χ1n) is 6.45. The van der Waals surface area contributed by atoms with E-state index in [0.29, 0.717) is 17.6 Å². The van der Waals surface area contributed by atoms with Crippen LogP contribution in [0.2, 0.25) is 5.02 Å². The van der Waals surface area contributed by atoms with Gasteiger partial charge in [-0.1, -0.05) is 11.6 Å². The minimum atomic E-state index is 0.174. The quantitative estimate of drug-likeness (QED) is 0.817. The molecule has 1 aromatic rings. The van der Waals surface area contributed by atoms with Crippen molar-refractivity contribution in [2.75, 3.05) is 26.2 Å². The number of hydrogen-bond donors (Lipinski definition) is 2. The maximum atomic E-state index is 9.13. The molecule has 1 aromatic heterocycles. The molecule has 1 aliphatic rings. The summed E-state index contributed by atoms with van der Waals surface area (Å²) < 4.78 is 0. The number of nitrogens with zero attached hydrogens (tertiary/aromatic N) is 2. The number of halogens is 1. The van der Waals surface area contributed by atoms with E-state index in [1.807, 2.05) is 6.07 Å². The Morgan fingerprint density at radius 2 is 2.44 bits per heavy atom. The predicted molar refractivity (Wildman–Crippen MR) is 72.6 cm³/mol. The lowest BCUT2D eigenvalue weighted by atomic mass is 10.2. The first-order chi connectivity index (χ1) is 8.78. The Labute approximate surface area is 113 Å². The second-order valence-corrected chi connectivity index (χ2v) is 5.15. The molecule has 100 valence electrons. The van der Waals surface area contributed by atoms with Gasteiger partial charge in [-0.05, 0) is 31.5 Å². The summed E-state index contributed by atoms with van der Waals surface area (Å²) in [6, 6.07) is 4.20. The molecule has 0 aliphatic carbocycles. The molecule has 0 bridgehead atoms. The van der Waals surface area contributed by atoms with E-state index in [-0.39, 0.29) is 6.61 Å². The van der Waals surface area contributed by atoms with E-state index in [9.17, 15) is 0 Å².